The summed E-state index contributed by atoms with van der Waals surface area (Å²) < 4.78 is 40.0. The summed E-state index contributed by atoms with van der Waals surface area (Å²) in [4.78, 5) is 33.9. The fourth-order valence-corrected chi connectivity index (χ4v) is 4.17. The Morgan fingerprint density at radius 2 is 1.86 bits per heavy atom. The number of piperazine rings is 1. The van der Waals surface area contributed by atoms with E-state index in [4.69, 9.17) is 0 Å². The summed E-state index contributed by atoms with van der Waals surface area (Å²) in [6.07, 6.45) is -3.07. The van der Waals surface area contributed by atoms with Gasteiger partial charge in [0.25, 0.3) is 5.91 Å². The molecule has 1 aliphatic heterocycles. The van der Waals surface area contributed by atoms with Gasteiger partial charge in [-0.05, 0) is 18.2 Å². The molecule has 2 aromatic heterocycles. The second-order valence-electron chi connectivity index (χ2n) is 6.37. The molecule has 0 saturated carbocycles. The molecule has 28 heavy (non-hydrogen) atoms. The molecule has 3 aromatic rings. The first-order chi connectivity index (χ1) is 13.3. The van der Waals surface area contributed by atoms with Crippen LogP contribution in [0.1, 0.15) is 15.9 Å². The maximum atomic E-state index is 13.2. The van der Waals surface area contributed by atoms with Crippen LogP contribution in [0.2, 0.25) is 0 Å². The molecule has 6 nitrogen and oxygen atoms in total. The van der Waals surface area contributed by atoms with E-state index in [1.165, 1.54) is 35.7 Å². The van der Waals surface area contributed by atoms with Gasteiger partial charge in [0.15, 0.2) is 5.13 Å². The monoisotopic (exact) mass is 408 g/mol. The highest BCUT2D eigenvalue weighted by atomic mass is 32.1. The van der Waals surface area contributed by atoms with Crippen LogP contribution in [0.3, 0.4) is 0 Å². The Morgan fingerprint density at radius 3 is 2.50 bits per heavy atom. The summed E-state index contributed by atoms with van der Waals surface area (Å²) in [6.45, 7) is 1.77. The summed E-state index contributed by atoms with van der Waals surface area (Å²) in [5.41, 5.74) is -0.667. The number of benzene rings is 1. The molecule has 1 aromatic carbocycles. The molecular weight excluding hydrogens is 393 g/mol. The summed E-state index contributed by atoms with van der Waals surface area (Å²) in [7, 11) is 0. The van der Waals surface area contributed by atoms with Gasteiger partial charge in [0, 0.05) is 38.4 Å². The first-order valence-corrected chi connectivity index (χ1v) is 9.34. The van der Waals surface area contributed by atoms with Gasteiger partial charge in [-0.2, -0.15) is 13.2 Å². The van der Waals surface area contributed by atoms with Gasteiger partial charge in [-0.1, -0.05) is 17.4 Å². The van der Waals surface area contributed by atoms with Crippen molar-refractivity contribution >= 4 is 32.6 Å². The Kier molecular flexibility index (Phi) is 4.58. The third kappa shape index (κ3) is 3.47. The zero-order chi connectivity index (χ0) is 19.9. The molecule has 1 saturated heterocycles. The number of rotatable bonds is 2. The molecule has 1 amide bonds. The number of anilines is 1. The number of fused-ring (bicyclic) bond motifs is 1. The number of nitrogens with one attached hydrogen (secondary N) is 1. The Bertz CT molecular complexity index is 1060. The average molecular weight is 408 g/mol. The molecule has 0 spiro atoms. The minimum Gasteiger partial charge on any atom is -0.345 e. The van der Waals surface area contributed by atoms with E-state index in [1.54, 1.807) is 11.0 Å². The molecule has 0 atom stereocenters. The molecular formula is C18H15F3N4O2S. The molecule has 0 unspecified atom stereocenters. The lowest BCUT2D eigenvalue weighted by Gasteiger charge is -2.34. The molecule has 0 aliphatic carbocycles. The van der Waals surface area contributed by atoms with Gasteiger partial charge >= 0.3 is 6.18 Å². The fourth-order valence-electron chi connectivity index (χ4n) is 3.13. The smallest absolute Gasteiger partial charge is 0.345 e. The van der Waals surface area contributed by atoms with E-state index >= 15 is 0 Å². The molecule has 146 valence electrons. The lowest BCUT2D eigenvalue weighted by atomic mass is 10.2. The van der Waals surface area contributed by atoms with Crippen molar-refractivity contribution in [2.24, 2.45) is 0 Å². The number of aromatic nitrogens is 2. The van der Waals surface area contributed by atoms with Crippen LogP contribution in [0.15, 0.2) is 41.3 Å². The number of pyridine rings is 1. The van der Waals surface area contributed by atoms with Crippen molar-refractivity contribution in [1.29, 1.82) is 0 Å². The van der Waals surface area contributed by atoms with E-state index in [0.29, 0.717) is 41.6 Å². The largest absolute Gasteiger partial charge is 0.418 e. The maximum Gasteiger partial charge on any atom is 0.418 e. The fraction of sp³-hybridized carbons (Fsp3) is 0.278. The zero-order valence-corrected chi connectivity index (χ0v) is 15.3. The lowest BCUT2D eigenvalue weighted by Crippen LogP contribution is -2.48. The number of carbonyl (C=O) groups excluding carboxylic acids is 1. The Morgan fingerprint density at radius 1 is 1.11 bits per heavy atom. The van der Waals surface area contributed by atoms with E-state index in [2.05, 4.69) is 9.97 Å². The number of amides is 1. The van der Waals surface area contributed by atoms with Crippen LogP contribution in [-0.4, -0.2) is 47.0 Å². The van der Waals surface area contributed by atoms with Crippen LogP contribution in [0.4, 0.5) is 18.3 Å². The SMILES string of the molecule is O=C(c1ccc(=O)[nH]c1)N1CCN(c2nc3c(C(F)(F)F)cccc3s2)CC1. The number of halogens is 3. The van der Waals surface area contributed by atoms with Gasteiger partial charge in [0.05, 0.1) is 21.3 Å². The summed E-state index contributed by atoms with van der Waals surface area (Å²) in [5.74, 6) is -0.195. The van der Waals surface area contributed by atoms with Crippen molar-refractivity contribution < 1.29 is 18.0 Å². The first kappa shape index (κ1) is 18.5. The molecule has 1 aliphatic rings. The van der Waals surface area contributed by atoms with Crippen molar-refractivity contribution in [1.82, 2.24) is 14.9 Å². The number of alkyl halides is 3. The van der Waals surface area contributed by atoms with Crippen molar-refractivity contribution in [3.05, 3.63) is 58.0 Å². The number of aromatic amines is 1. The third-order valence-corrected chi connectivity index (χ3v) is 5.66. The number of H-pyrrole nitrogens is 1. The van der Waals surface area contributed by atoms with Crippen molar-refractivity contribution in [2.75, 3.05) is 31.1 Å². The second kappa shape index (κ2) is 6.93. The van der Waals surface area contributed by atoms with E-state index in [9.17, 15) is 22.8 Å². The first-order valence-electron chi connectivity index (χ1n) is 8.52. The lowest BCUT2D eigenvalue weighted by molar-refractivity contribution is -0.136. The summed E-state index contributed by atoms with van der Waals surface area (Å²) in [6, 6.07) is 6.81. The minimum atomic E-state index is -4.45. The van der Waals surface area contributed by atoms with Gasteiger partial charge in [-0.3, -0.25) is 9.59 Å². The molecule has 10 heteroatoms. The van der Waals surface area contributed by atoms with Gasteiger partial charge < -0.3 is 14.8 Å². The van der Waals surface area contributed by atoms with Crippen LogP contribution < -0.4 is 10.5 Å². The van der Waals surface area contributed by atoms with E-state index in [1.807, 2.05) is 4.90 Å². The van der Waals surface area contributed by atoms with Crippen LogP contribution in [-0.2, 0) is 6.18 Å². The summed E-state index contributed by atoms with van der Waals surface area (Å²) in [5, 5.41) is 0.517. The van der Waals surface area contributed by atoms with Crippen molar-refractivity contribution in [2.45, 2.75) is 6.18 Å². The predicted molar refractivity (Wildman–Crippen MR) is 99.8 cm³/mol. The van der Waals surface area contributed by atoms with Gasteiger partial charge in [-0.25, -0.2) is 4.98 Å². The van der Waals surface area contributed by atoms with E-state index in [0.717, 1.165) is 6.07 Å². The predicted octanol–water partition coefficient (Wildman–Crippen LogP) is 2.97. The molecule has 0 bridgehead atoms. The maximum absolute atomic E-state index is 13.2. The van der Waals surface area contributed by atoms with Crippen LogP contribution in [0.25, 0.3) is 10.2 Å². The van der Waals surface area contributed by atoms with Gasteiger partial charge in [0.2, 0.25) is 5.56 Å². The Hall–Kier alpha value is -2.88. The zero-order valence-electron chi connectivity index (χ0n) is 14.5. The number of nitrogens with zero attached hydrogens (tertiary/aromatic N) is 3. The van der Waals surface area contributed by atoms with E-state index in [-0.39, 0.29) is 17.0 Å². The molecule has 1 fully saturated rings. The average Bonchev–Trinajstić information content (AvgIpc) is 3.11. The third-order valence-electron chi connectivity index (χ3n) is 4.58. The second-order valence-corrected chi connectivity index (χ2v) is 7.38. The molecule has 0 radical (unpaired) electrons. The number of carbonyl (C=O) groups is 1. The Balaban J connectivity index is 1.50. The normalized spacial score (nSPS) is 15.2. The Labute approximate surface area is 161 Å². The van der Waals surface area contributed by atoms with Crippen molar-refractivity contribution in [3.8, 4) is 0 Å². The highest BCUT2D eigenvalue weighted by molar-refractivity contribution is 7.22. The molecule has 3 heterocycles. The van der Waals surface area contributed by atoms with E-state index < -0.39 is 11.7 Å². The van der Waals surface area contributed by atoms with Crippen molar-refractivity contribution in [3.63, 3.8) is 0 Å². The number of hydrogen-bond acceptors (Lipinski definition) is 5. The van der Waals surface area contributed by atoms with Crippen LogP contribution in [0.5, 0.6) is 0 Å². The number of thiazole rings is 1. The standard InChI is InChI=1S/C18H15F3N4O2S/c19-18(20,21)12-2-1-3-13-15(12)23-17(28-13)25-8-6-24(7-9-25)16(27)11-4-5-14(26)22-10-11/h1-5,10H,6-9H2,(H,22,26). The quantitative estimate of drug-likeness (QED) is 0.708. The van der Waals surface area contributed by atoms with Gasteiger partial charge in [0.1, 0.15) is 0 Å². The van der Waals surface area contributed by atoms with Crippen LogP contribution in [0, 0.1) is 0 Å². The van der Waals surface area contributed by atoms with Gasteiger partial charge in [-0.15, -0.1) is 0 Å². The highest BCUT2D eigenvalue weighted by Crippen LogP contribution is 2.38. The molecule has 1 N–H and O–H groups in total. The van der Waals surface area contributed by atoms with Crippen LogP contribution >= 0.6 is 11.3 Å². The topological polar surface area (TPSA) is 69.3 Å². The minimum absolute atomic E-state index is 0.0401. The number of para-hydroxylation sites is 1. The number of hydrogen-bond donors (Lipinski definition) is 1. The molecule has 4 rings (SSSR count). The summed E-state index contributed by atoms with van der Waals surface area (Å²) >= 11 is 1.21. The highest BCUT2D eigenvalue weighted by Gasteiger charge is 2.34.